The van der Waals surface area contributed by atoms with Crippen molar-refractivity contribution in [3.63, 3.8) is 0 Å². The first-order valence-corrected chi connectivity index (χ1v) is 6.32. The van der Waals surface area contributed by atoms with Crippen LogP contribution in [0.25, 0.3) is 0 Å². The van der Waals surface area contributed by atoms with Crippen molar-refractivity contribution in [2.24, 2.45) is 17.6 Å². The lowest BCUT2D eigenvalue weighted by molar-refractivity contribution is -0.120. The summed E-state index contributed by atoms with van der Waals surface area (Å²) in [6.07, 6.45) is 7.04. The summed E-state index contributed by atoms with van der Waals surface area (Å²) >= 11 is 0. The van der Waals surface area contributed by atoms with E-state index in [0.717, 1.165) is 37.1 Å². The standard InChI is InChI=1S/C14H19N3O/c1-10(15)11-2-4-12(5-3-11)14(18)17-13-6-8-16-9-7-13/h6-9,11-12H,1-5,15H2,(H,16,17,18)/t11-,12-. The van der Waals surface area contributed by atoms with E-state index in [2.05, 4.69) is 16.9 Å². The monoisotopic (exact) mass is 245 g/mol. The Balaban J connectivity index is 1.86. The Morgan fingerprint density at radius 2 is 1.78 bits per heavy atom. The summed E-state index contributed by atoms with van der Waals surface area (Å²) in [4.78, 5) is 16.0. The van der Waals surface area contributed by atoms with Gasteiger partial charge in [0.05, 0.1) is 0 Å². The maximum atomic E-state index is 12.1. The van der Waals surface area contributed by atoms with Gasteiger partial charge >= 0.3 is 0 Å². The maximum Gasteiger partial charge on any atom is 0.227 e. The molecular weight excluding hydrogens is 226 g/mol. The molecule has 1 aliphatic rings. The van der Waals surface area contributed by atoms with Crippen molar-refractivity contribution < 1.29 is 4.79 Å². The van der Waals surface area contributed by atoms with Gasteiger partial charge in [0.25, 0.3) is 0 Å². The van der Waals surface area contributed by atoms with E-state index < -0.39 is 0 Å². The number of aromatic nitrogens is 1. The minimum atomic E-state index is 0.0914. The fourth-order valence-corrected chi connectivity index (χ4v) is 2.41. The van der Waals surface area contributed by atoms with Crippen LogP contribution in [0.4, 0.5) is 5.69 Å². The number of anilines is 1. The summed E-state index contributed by atoms with van der Waals surface area (Å²) in [5.41, 5.74) is 7.27. The molecule has 1 fully saturated rings. The highest BCUT2D eigenvalue weighted by molar-refractivity contribution is 5.92. The van der Waals surface area contributed by atoms with Gasteiger partial charge in [-0.2, -0.15) is 0 Å². The third kappa shape index (κ3) is 3.09. The zero-order valence-electron chi connectivity index (χ0n) is 10.4. The minimum Gasteiger partial charge on any atom is -0.402 e. The van der Waals surface area contributed by atoms with E-state index in [1.165, 1.54) is 0 Å². The summed E-state index contributed by atoms with van der Waals surface area (Å²) in [6, 6.07) is 3.59. The second kappa shape index (κ2) is 5.67. The molecule has 1 aromatic rings. The van der Waals surface area contributed by atoms with Crippen LogP contribution < -0.4 is 11.1 Å². The summed E-state index contributed by atoms with van der Waals surface area (Å²) in [5, 5.41) is 2.92. The number of carbonyl (C=O) groups is 1. The number of nitrogens with one attached hydrogen (secondary N) is 1. The molecular formula is C14H19N3O. The van der Waals surface area contributed by atoms with E-state index in [9.17, 15) is 4.79 Å². The number of hydrogen-bond acceptors (Lipinski definition) is 3. The van der Waals surface area contributed by atoms with Crippen molar-refractivity contribution in [3.8, 4) is 0 Å². The Kier molecular flexibility index (Phi) is 3.97. The van der Waals surface area contributed by atoms with Gasteiger partial charge in [-0.3, -0.25) is 9.78 Å². The molecule has 0 radical (unpaired) electrons. The zero-order valence-corrected chi connectivity index (χ0v) is 10.4. The highest BCUT2D eigenvalue weighted by Gasteiger charge is 2.26. The SMILES string of the molecule is C=C(N)[C@H]1CC[C@H](C(=O)Nc2ccncc2)CC1. The number of pyridine rings is 1. The molecule has 1 saturated carbocycles. The largest absolute Gasteiger partial charge is 0.402 e. The molecule has 1 aliphatic carbocycles. The summed E-state index contributed by atoms with van der Waals surface area (Å²) < 4.78 is 0. The summed E-state index contributed by atoms with van der Waals surface area (Å²) in [5.74, 6) is 0.575. The van der Waals surface area contributed by atoms with E-state index in [1.54, 1.807) is 24.5 Å². The molecule has 18 heavy (non-hydrogen) atoms. The molecule has 1 heterocycles. The van der Waals surface area contributed by atoms with Crippen molar-refractivity contribution in [2.75, 3.05) is 5.32 Å². The average molecular weight is 245 g/mol. The molecule has 0 spiro atoms. The highest BCUT2D eigenvalue weighted by Crippen LogP contribution is 2.31. The second-order valence-electron chi connectivity index (χ2n) is 4.85. The molecule has 4 heteroatoms. The minimum absolute atomic E-state index is 0.0914. The van der Waals surface area contributed by atoms with E-state index in [0.29, 0.717) is 5.92 Å². The van der Waals surface area contributed by atoms with Gasteiger partial charge in [0.15, 0.2) is 0 Å². The summed E-state index contributed by atoms with van der Waals surface area (Å²) in [7, 11) is 0. The van der Waals surface area contributed by atoms with Crippen LogP contribution in [-0.4, -0.2) is 10.9 Å². The van der Waals surface area contributed by atoms with E-state index in [4.69, 9.17) is 5.73 Å². The number of amides is 1. The van der Waals surface area contributed by atoms with Crippen LogP contribution in [0.15, 0.2) is 36.8 Å². The van der Waals surface area contributed by atoms with E-state index >= 15 is 0 Å². The summed E-state index contributed by atoms with van der Waals surface area (Å²) in [6.45, 7) is 3.79. The van der Waals surface area contributed by atoms with Crippen molar-refractivity contribution in [2.45, 2.75) is 25.7 Å². The molecule has 96 valence electrons. The first-order chi connectivity index (χ1) is 8.66. The second-order valence-corrected chi connectivity index (χ2v) is 4.85. The fourth-order valence-electron chi connectivity index (χ4n) is 2.41. The normalized spacial score (nSPS) is 23.3. The lowest BCUT2D eigenvalue weighted by Gasteiger charge is -2.27. The number of nitrogens with two attached hydrogens (primary N) is 1. The highest BCUT2D eigenvalue weighted by atomic mass is 16.1. The van der Waals surface area contributed by atoms with E-state index in [-0.39, 0.29) is 11.8 Å². The molecule has 1 amide bonds. The lowest BCUT2D eigenvalue weighted by atomic mass is 9.80. The first kappa shape index (κ1) is 12.6. The smallest absolute Gasteiger partial charge is 0.227 e. The van der Waals surface area contributed by atoms with Gasteiger partial charge in [-0.1, -0.05) is 6.58 Å². The van der Waals surface area contributed by atoms with Crippen molar-refractivity contribution >= 4 is 11.6 Å². The van der Waals surface area contributed by atoms with Gasteiger partial charge in [-0.05, 0) is 43.7 Å². The Bertz CT molecular complexity index is 422. The first-order valence-electron chi connectivity index (χ1n) is 6.32. The van der Waals surface area contributed by atoms with Crippen LogP contribution in [0.1, 0.15) is 25.7 Å². The van der Waals surface area contributed by atoms with Gasteiger partial charge in [-0.15, -0.1) is 0 Å². The molecule has 0 unspecified atom stereocenters. The predicted molar refractivity (Wildman–Crippen MR) is 71.6 cm³/mol. The van der Waals surface area contributed by atoms with Crippen LogP contribution in [0, 0.1) is 11.8 Å². The maximum absolute atomic E-state index is 12.1. The average Bonchev–Trinajstić information content (AvgIpc) is 2.40. The topological polar surface area (TPSA) is 68.0 Å². The molecule has 1 aromatic heterocycles. The predicted octanol–water partition coefficient (Wildman–Crippen LogP) is 2.30. The fraction of sp³-hybridized carbons (Fsp3) is 0.429. The van der Waals surface area contributed by atoms with Crippen molar-refractivity contribution in [1.29, 1.82) is 0 Å². The number of carbonyl (C=O) groups excluding carboxylic acids is 1. The van der Waals surface area contributed by atoms with Gasteiger partial charge in [-0.25, -0.2) is 0 Å². The molecule has 0 aliphatic heterocycles. The zero-order chi connectivity index (χ0) is 13.0. The van der Waals surface area contributed by atoms with Gasteiger partial charge < -0.3 is 11.1 Å². The molecule has 3 N–H and O–H groups in total. The molecule has 0 aromatic carbocycles. The molecule has 0 saturated heterocycles. The molecule has 0 atom stereocenters. The number of nitrogens with zero attached hydrogens (tertiary/aromatic N) is 1. The third-order valence-electron chi connectivity index (χ3n) is 3.57. The lowest BCUT2D eigenvalue weighted by Crippen LogP contribution is -2.28. The molecule has 0 bridgehead atoms. The number of allylic oxidation sites excluding steroid dienone is 1. The molecule has 4 nitrogen and oxygen atoms in total. The quantitative estimate of drug-likeness (QED) is 0.858. The van der Waals surface area contributed by atoms with Crippen LogP contribution >= 0.6 is 0 Å². The third-order valence-corrected chi connectivity index (χ3v) is 3.57. The van der Waals surface area contributed by atoms with Crippen LogP contribution in [0.5, 0.6) is 0 Å². The van der Waals surface area contributed by atoms with Gasteiger partial charge in [0.1, 0.15) is 0 Å². The Hall–Kier alpha value is -1.84. The van der Waals surface area contributed by atoms with Crippen LogP contribution in [0.2, 0.25) is 0 Å². The van der Waals surface area contributed by atoms with Gasteiger partial charge in [0, 0.05) is 29.7 Å². The Morgan fingerprint density at radius 3 is 2.33 bits per heavy atom. The number of rotatable bonds is 3. The van der Waals surface area contributed by atoms with Gasteiger partial charge in [0.2, 0.25) is 5.91 Å². The number of hydrogen-bond donors (Lipinski definition) is 2. The van der Waals surface area contributed by atoms with Crippen molar-refractivity contribution in [1.82, 2.24) is 4.98 Å². The van der Waals surface area contributed by atoms with Crippen molar-refractivity contribution in [3.05, 3.63) is 36.8 Å². The Labute approximate surface area is 107 Å². The Morgan fingerprint density at radius 1 is 1.22 bits per heavy atom. The van der Waals surface area contributed by atoms with Crippen LogP contribution in [0.3, 0.4) is 0 Å². The molecule has 2 rings (SSSR count). The van der Waals surface area contributed by atoms with E-state index in [1.807, 2.05) is 0 Å². The van der Waals surface area contributed by atoms with Crippen LogP contribution in [-0.2, 0) is 4.79 Å².